The van der Waals surface area contributed by atoms with E-state index in [9.17, 15) is 9.59 Å². The van der Waals surface area contributed by atoms with E-state index < -0.39 is 5.97 Å². The van der Waals surface area contributed by atoms with Gasteiger partial charge in [-0.25, -0.2) is 4.79 Å². The molecule has 3 rings (SSSR count). The number of esters is 1. The summed E-state index contributed by atoms with van der Waals surface area (Å²) in [5, 5.41) is 2.70. The van der Waals surface area contributed by atoms with E-state index in [2.05, 4.69) is 5.32 Å². The summed E-state index contributed by atoms with van der Waals surface area (Å²) in [7, 11) is 3.34. The van der Waals surface area contributed by atoms with E-state index >= 15 is 0 Å². The fourth-order valence-corrected chi connectivity index (χ4v) is 2.63. The molecule has 0 fully saturated rings. The number of nitrogens with zero attached hydrogens (tertiary/aromatic N) is 1. The molecule has 1 N–H and O–H groups in total. The first-order valence-electron chi connectivity index (χ1n) is 8.10. The maximum absolute atomic E-state index is 12.2. The van der Waals surface area contributed by atoms with Gasteiger partial charge in [-0.3, -0.25) is 4.79 Å². The lowest BCUT2D eigenvalue weighted by Gasteiger charge is -2.08. The average molecular weight is 356 g/mol. The highest BCUT2D eigenvalue weighted by Crippen LogP contribution is 2.22. The van der Waals surface area contributed by atoms with Crippen LogP contribution >= 0.6 is 0 Å². The monoisotopic (exact) mass is 356 g/mol. The molecule has 0 spiro atoms. The third-order valence-electron chi connectivity index (χ3n) is 4.05. The van der Waals surface area contributed by atoms with Crippen molar-refractivity contribution in [1.29, 1.82) is 0 Å². The maximum atomic E-state index is 12.2. The molecule has 136 valence electrons. The van der Waals surface area contributed by atoms with Gasteiger partial charge in [-0.15, -0.1) is 0 Å². The predicted molar refractivity (Wildman–Crippen MR) is 95.0 cm³/mol. The second-order valence-electron chi connectivity index (χ2n) is 5.90. The number of furan rings is 1. The van der Waals surface area contributed by atoms with Gasteiger partial charge in [0.05, 0.1) is 12.6 Å². The zero-order valence-electron chi connectivity index (χ0n) is 14.9. The Kier molecular flexibility index (Phi) is 4.97. The number of carbonyl (C=O) groups excluding carboxylic acids is 2. The number of carbonyl (C=O) groups is 2. The smallest absolute Gasteiger partial charge is 0.355 e. The first-order valence-corrected chi connectivity index (χ1v) is 8.10. The molecule has 2 heterocycles. The molecule has 3 aromatic rings. The number of hydrogen-bond donors (Lipinski definition) is 1. The number of amides is 1. The summed E-state index contributed by atoms with van der Waals surface area (Å²) in [6, 6.07) is 10.8. The van der Waals surface area contributed by atoms with E-state index in [1.807, 2.05) is 37.3 Å². The summed E-state index contributed by atoms with van der Waals surface area (Å²) >= 11 is 0. The van der Waals surface area contributed by atoms with Crippen LogP contribution in [0.4, 0.5) is 0 Å². The van der Waals surface area contributed by atoms with Crippen LogP contribution in [-0.2, 0) is 23.1 Å². The molecule has 0 saturated carbocycles. The average Bonchev–Trinajstić information content (AvgIpc) is 3.15. The molecule has 0 aliphatic rings. The molecule has 1 aromatic carbocycles. The summed E-state index contributed by atoms with van der Waals surface area (Å²) in [4.78, 5) is 24.1. The number of rotatable bonds is 6. The molecule has 0 saturated heterocycles. The second kappa shape index (κ2) is 7.35. The van der Waals surface area contributed by atoms with E-state index in [0.717, 1.165) is 22.6 Å². The highest BCUT2D eigenvalue weighted by Gasteiger charge is 2.18. The van der Waals surface area contributed by atoms with Crippen LogP contribution in [0, 0.1) is 6.92 Å². The lowest BCUT2D eigenvalue weighted by molar-refractivity contribution is -0.124. The number of ether oxygens (including phenoxy) is 2. The largest absolute Gasteiger partial charge is 0.497 e. The zero-order chi connectivity index (χ0) is 18.7. The lowest BCUT2D eigenvalue weighted by atomic mass is 10.2. The Labute approximate surface area is 150 Å². The summed E-state index contributed by atoms with van der Waals surface area (Å²) in [5.74, 6) is 0.569. The van der Waals surface area contributed by atoms with Gasteiger partial charge in [0, 0.05) is 25.7 Å². The Hall–Kier alpha value is -3.22. The van der Waals surface area contributed by atoms with E-state index in [0.29, 0.717) is 17.8 Å². The maximum Gasteiger partial charge on any atom is 0.355 e. The topological polar surface area (TPSA) is 82.7 Å². The fourth-order valence-electron chi connectivity index (χ4n) is 2.63. The zero-order valence-corrected chi connectivity index (χ0v) is 14.9. The number of aryl methyl sites for hydroxylation is 2. The molecular formula is C19H20N2O5. The summed E-state index contributed by atoms with van der Waals surface area (Å²) < 4.78 is 17.3. The molecule has 2 aromatic heterocycles. The van der Waals surface area contributed by atoms with Gasteiger partial charge in [0.15, 0.2) is 12.2 Å². The van der Waals surface area contributed by atoms with Crippen LogP contribution in [0.25, 0.3) is 11.1 Å². The highest BCUT2D eigenvalue weighted by atomic mass is 16.5. The number of fused-ring (bicyclic) bond motifs is 1. The van der Waals surface area contributed by atoms with Gasteiger partial charge >= 0.3 is 5.97 Å². The number of methoxy groups -OCH3 is 1. The standard InChI is InChI=1S/C19H20N2O5/c1-12-8-15-17(26-12)9-16(21(15)2)19(23)25-11-18(22)20-10-13-4-6-14(24-3)7-5-13/h4-9H,10-11H2,1-3H3,(H,20,22). The molecule has 7 heteroatoms. The van der Waals surface area contributed by atoms with E-state index in [4.69, 9.17) is 13.9 Å². The van der Waals surface area contributed by atoms with E-state index in [-0.39, 0.29) is 12.5 Å². The minimum Gasteiger partial charge on any atom is -0.497 e. The number of benzene rings is 1. The van der Waals surface area contributed by atoms with Gasteiger partial charge in [-0.2, -0.15) is 0 Å². The van der Waals surface area contributed by atoms with E-state index in [1.54, 1.807) is 24.8 Å². The van der Waals surface area contributed by atoms with E-state index in [1.165, 1.54) is 0 Å². The molecular weight excluding hydrogens is 336 g/mol. The molecule has 26 heavy (non-hydrogen) atoms. The molecule has 0 atom stereocenters. The summed E-state index contributed by atoms with van der Waals surface area (Å²) in [5.41, 5.74) is 2.67. The molecule has 0 aliphatic carbocycles. The van der Waals surface area contributed by atoms with Gasteiger partial charge in [0.1, 0.15) is 17.2 Å². The summed E-state index contributed by atoms with van der Waals surface area (Å²) in [6.45, 7) is 1.84. The van der Waals surface area contributed by atoms with Crippen LogP contribution in [0.5, 0.6) is 5.75 Å². The molecule has 0 bridgehead atoms. The van der Waals surface area contributed by atoms with Crippen molar-refractivity contribution >= 4 is 23.0 Å². The molecule has 0 aliphatic heterocycles. The third-order valence-corrected chi connectivity index (χ3v) is 4.05. The Balaban J connectivity index is 1.52. The molecule has 1 amide bonds. The SMILES string of the molecule is COc1ccc(CNC(=O)COC(=O)c2cc3oc(C)cc3n2C)cc1. The number of aromatic nitrogens is 1. The normalized spacial score (nSPS) is 10.7. The minimum atomic E-state index is -0.573. The van der Waals surface area contributed by atoms with Crippen molar-refractivity contribution in [3.05, 3.63) is 53.4 Å². The molecule has 0 radical (unpaired) electrons. The van der Waals surface area contributed by atoms with Crippen LogP contribution < -0.4 is 10.1 Å². The van der Waals surface area contributed by atoms with Crippen molar-refractivity contribution in [1.82, 2.24) is 9.88 Å². The van der Waals surface area contributed by atoms with Crippen molar-refractivity contribution in [2.45, 2.75) is 13.5 Å². The van der Waals surface area contributed by atoms with Crippen molar-refractivity contribution in [3.63, 3.8) is 0 Å². The number of hydrogen-bond acceptors (Lipinski definition) is 5. The number of nitrogens with one attached hydrogen (secondary N) is 1. The van der Waals surface area contributed by atoms with Crippen molar-refractivity contribution < 1.29 is 23.5 Å². The lowest BCUT2D eigenvalue weighted by Crippen LogP contribution is -2.28. The first-order chi connectivity index (χ1) is 12.5. The fraction of sp³-hybridized carbons (Fsp3) is 0.263. The quantitative estimate of drug-likeness (QED) is 0.687. The van der Waals surface area contributed by atoms with Gasteiger partial charge in [-0.1, -0.05) is 12.1 Å². The van der Waals surface area contributed by atoms with Crippen LogP contribution in [0.3, 0.4) is 0 Å². The van der Waals surface area contributed by atoms with Crippen LogP contribution in [-0.4, -0.2) is 30.2 Å². The van der Waals surface area contributed by atoms with Crippen molar-refractivity contribution in [3.8, 4) is 5.75 Å². The van der Waals surface area contributed by atoms with Crippen LogP contribution in [0.2, 0.25) is 0 Å². The Morgan fingerprint density at radius 1 is 1.19 bits per heavy atom. The highest BCUT2D eigenvalue weighted by molar-refractivity contribution is 5.95. The van der Waals surface area contributed by atoms with Gasteiger partial charge in [0.25, 0.3) is 5.91 Å². The predicted octanol–water partition coefficient (Wildman–Crippen LogP) is 2.56. The first kappa shape index (κ1) is 17.6. The van der Waals surface area contributed by atoms with Gasteiger partial charge < -0.3 is 23.8 Å². The minimum absolute atomic E-state index is 0.335. The molecule has 7 nitrogen and oxygen atoms in total. The third kappa shape index (κ3) is 3.72. The van der Waals surface area contributed by atoms with Gasteiger partial charge in [-0.05, 0) is 24.6 Å². The van der Waals surface area contributed by atoms with Crippen LogP contribution in [0.1, 0.15) is 21.8 Å². The van der Waals surface area contributed by atoms with Crippen LogP contribution in [0.15, 0.2) is 40.8 Å². The van der Waals surface area contributed by atoms with Gasteiger partial charge in [0.2, 0.25) is 0 Å². The Morgan fingerprint density at radius 2 is 1.92 bits per heavy atom. The Bertz CT molecular complexity index is 937. The second-order valence-corrected chi connectivity index (χ2v) is 5.90. The molecule has 0 unspecified atom stereocenters. The summed E-state index contributed by atoms with van der Waals surface area (Å²) in [6.07, 6.45) is 0. The Morgan fingerprint density at radius 3 is 2.58 bits per heavy atom. The van der Waals surface area contributed by atoms with Crippen molar-refractivity contribution in [2.75, 3.05) is 13.7 Å². The van der Waals surface area contributed by atoms with Crippen molar-refractivity contribution in [2.24, 2.45) is 7.05 Å².